The molecule has 0 radical (unpaired) electrons. The number of nitrogens with one attached hydrogen (secondary N) is 2. The summed E-state index contributed by atoms with van der Waals surface area (Å²) < 4.78 is 5.25. The van der Waals surface area contributed by atoms with Crippen LogP contribution in [0.4, 0.5) is 10.8 Å². The first-order valence-electron chi connectivity index (χ1n) is 9.40. The van der Waals surface area contributed by atoms with Crippen molar-refractivity contribution in [2.45, 2.75) is 19.9 Å². The number of pyridine rings is 1. The van der Waals surface area contributed by atoms with Gasteiger partial charge in [0.15, 0.2) is 5.76 Å². The molecule has 3 aromatic heterocycles. The number of aryl methyl sites for hydroxylation is 1. The average Bonchev–Trinajstić information content (AvgIpc) is 3.37. The summed E-state index contributed by atoms with van der Waals surface area (Å²) in [5.41, 5.74) is 3.05. The molecule has 1 unspecified atom stereocenters. The maximum absolute atomic E-state index is 12.7. The second kappa shape index (κ2) is 8.73. The Balaban J connectivity index is 1.79. The fraction of sp³-hybridized carbons (Fsp3) is 0.130. The molecule has 2 N–H and O–H groups in total. The third-order valence-corrected chi connectivity index (χ3v) is 6.21. The summed E-state index contributed by atoms with van der Waals surface area (Å²) >= 11 is 7.83. The fourth-order valence-electron chi connectivity index (χ4n) is 3.26. The van der Waals surface area contributed by atoms with Crippen LogP contribution in [0.15, 0.2) is 71.5 Å². The van der Waals surface area contributed by atoms with Crippen LogP contribution >= 0.6 is 22.9 Å². The van der Waals surface area contributed by atoms with Crippen molar-refractivity contribution in [1.82, 2.24) is 4.98 Å². The van der Waals surface area contributed by atoms with E-state index in [1.165, 1.54) is 17.6 Å². The van der Waals surface area contributed by atoms with Gasteiger partial charge in [-0.05, 0) is 61.4 Å². The lowest BCUT2D eigenvalue weighted by atomic mass is 9.96. The van der Waals surface area contributed by atoms with Crippen molar-refractivity contribution in [3.63, 3.8) is 0 Å². The number of rotatable bonds is 6. The predicted octanol–water partition coefficient (Wildman–Crippen LogP) is 6.46. The molecule has 0 saturated heterocycles. The maximum Gasteiger partial charge on any atom is 0.291 e. The van der Waals surface area contributed by atoms with Gasteiger partial charge in [0.1, 0.15) is 10.8 Å². The second-order valence-corrected chi connectivity index (χ2v) is 8.47. The zero-order chi connectivity index (χ0) is 21.1. The van der Waals surface area contributed by atoms with Crippen molar-refractivity contribution in [2.24, 2.45) is 0 Å². The quantitative estimate of drug-likeness (QED) is 0.363. The van der Waals surface area contributed by atoms with E-state index in [-0.39, 0.29) is 17.7 Å². The molecule has 1 aromatic carbocycles. The molecule has 1 atom stereocenters. The Morgan fingerprint density at radius 3 is 2.70 bits per heavy atom. The number of hydrogen-bond donors (Lipinski definition) is 2. The molecular weight excluding hydrogens is 418 g/mol. The van der Waals surface area contributed by atoms with Crippen LogP contribution in [0.5, 0.6) is 0 Å². The average molecular weight is 438 g/mol. The minimum atomic E-state index is -0.287. The van der Waals surface area contributed by atoms with Gasteiger partial charge >= 0.3 is 0 Å². The van der Waals surface area contributed by atoms with Crippen LogP contribution < -0.4 is 10.6 Å². The van der Waals surface area contributed by atoms with Crippen molar-refractivity contribution in [3.8, 4) is 0 Å². The molecule has 0 fully saturated rings. The molecule has 30 heavy (non-hydrogen) atoms. The predicted molar refractivity (Wildman–Crippen MR) is 122 cm³/mol. The lowest BCUT2D eigenvalue weighted by molar-refractivity contribution is 0.0997. The maximum atomic E-state index is 12.7. The van der Waals surface area contributed by atoms with E-state index in [4.69, 9.17) is 16.0 Å². The van der Waals surface area contributed by atoms with Gasteiger partial charge in [-0.2, -0.15) is 0 Å². The number of hydrogen-bond acceptors (Lipinski definition) is 5. The van der Waals surface area contributed by atoms with E-state index in [0.717, 1.165) is 32.4 Å². The zero-order valence-electron chi connectivity index (χ0n) is 16.5. The van der Waals surface area contributed by atoms with E-state index in [1.807, 2.05) is 49.4 Å². The molecule has 0 aliphatic heterocycles. The first kappa shape index (κ1) is 20.2. The molecule has 152 valence electrons. The van der Waals surface area contributed by atoms with E-state index < -0.39 is 0 Å². The highest BCUT2D eigenvalue weighted by Crippen LogP contribution is 2.41. The van der Waals surface area contributed by atoms with Crippen LogP contribution in [0.1, 0.15) is 38.2 Å². The number of anilines is 2. The number of thiophene rings is 1. The Bertz CT molecular complexity index is 1160. The smallest absolute Gasteiger partial charge is 0.291 e. The molecule has 0 aliphatic carbocycles. The Morgan fingerprint density at radius 1 is 1.13 bits per heavy atom. The molecule has 7 heteroatoms. The number of carbonyl (C=O) groups excluding carboxylic acids is 1. The Hall–Kier alpha value is -3.09. The summed E-state index contributed by atoms with van der Waals surface area (Å²) in [7, 11) is 0. The first-order chi connectivity index (χ1) is 14.5. The molecule has 4 rings (SSSR count). The number of carbonyl (C=O) groups is 1. The summed E-state index contributed by atoms with van der Waals surface area (Å²) in [5.74, 6) is 0.709. The van der Waals surface area contributed by atoms with Gasteiger partial charge in [-0.25, -0.2) is 4.98 Å². The van der Waals surface area contributed by atoms with Gasteiger partial charge in [-0.1, -0.05) is 29.8 Å². The van der Waals surface area contributed by atoms with Gasteiger partial charge < -0.3 is 15.1 Å². The Labute approximate surface area is 183 Å². The number of amides is 1. The molecule has 0 bridgehead atoms. The summed E-state index contributed by atoms with van der Waals surface area (Å²) in [6, 6.07) is 16.5. The molecule has 0 spiro atoms. The topological polar surface area (TPSA) is 67.2 Å². The Kier molecular flexibility index (Phi) is 5.88. The zero-order valence-corrected chi connectivity index (χ0v) is 18.1. The van der Waals surface area contributed by atoms with Crippen LogP contribution in [-0.4, -0.2) is 10.9 Å². The largest absolute Gasteiger partial charge is 0.459 e. The number of nitrogens with zero attached hydrogens (tertiary/aromatic N) is 1. The lowest BCUT2D eigenvalue weighted by Crippen LogP contribution is -2.17. The molecule has 0 aliphatic rings. The minimum absolute atomic E-state index is 0.254. The number of halogens is 1. The van der Waals surface area contributed by atoms with Gasteiger partial charge in [0.25, 0.3) is 5.91 Å². The minimum Gasteiger partial charge on any atom is -0.459 e. The van der Waals surface area contributed by atoms with Crippen molar-refractivity contribution in [2.75, 3.05) is 10.6 Å². The van der Waals surface area contributed by atoms with Crippen LogP contribution in [0.3, 0.4) is 0 Å². The monoisotopic (exact) mass is 437 g/mol. The van der Waals surface area contributed by atoms with Crippen molar-refractivity contribution < 1.29 is 9.21 Å². The van der Waals surface area contributed by atoms with Gasteiger partial charge in [0.2, 0.25) is 0 Å². The van der Waals surface area contributed by atoms with Gasteiger partial charge in [0, 0.05) is 21.7 Å². The van der Waals surface area contributed by atoms with E-state index in [0.29, 0.717) is 5.02 Å². The van der Waals surface area contributed by atoms with E-state index >= 15 is 0 Å². The van der Waals surface area contributed by atoms with Gasteiger partial charge in [-0.15, -0.1) is 11.3 Å². The van der Waals surface area contributed by atoms with Crippen molar-refractivity contribution >= 4 is 39.7 Å². The SMILES string of the molecule is Cc1sc(NC(=O)c2ccco2)c(C(Nc2ccccn2)c2cccc(Cl)c2)c1C. The standard InChI is InChI=1S/C23H20ClN3O2S/c1-14-15(2)30-23(27-22(28)18-9-6-12-29-18)20(14)21(16-7-5-8-17(24)13-16)26-19-10-3-4-11-25-19/h3-13,21H,1-2H3,(H,25,26)(H,27,28). The van der Waals surface area contributed by atoms with Crippen LogP contribution in [-0.2, 0) is 0 Å². The third kappa shape index (κ3) is 4.25. The highest BCUT2D eigenvalue weighted by Gasteiger charge is 2.25. The highest BCUT2D eigenvalue weighted by molar-refractivity contribution is 7.16. The molecule has 1 amide bonds. The molecule has 4 aromatic rings. The van der Waals surface area contributed by atoms with E-state index in [9.17, 15) is 4.79 Å². The van der Waals surface area contributed by atoms with E-state index in [1.54, 1.807) is 18.3 Å². The first-order valence-corrected chi connectivity index (χ1v) is 10.6. The van der Waals surface area contributed by atoms with Crippen LogP contribution in [0.25, 0.3) is 0 Å². The second-order valence-electron chi connectivity index (χ2n) is 6.80. The van der Waals surface area contributed by atoms with Crippen LogP contribution in [0.2, 0.25) is 5.02 Å². The molecule has 0 saturated carbocycles. The number of aromatic nitrogens is 1. The molecule has 5 nitrogen and oxygen atoms in total. The normalized spacial score (nSPS) is 11.8. The number of benzene rings is 1. The number of furan rings is 1. The van der Waals surface area contributed by atoms with Gasteiger partial charge in [0.05, 0.1) is 12.3 Å². The van der Waals surface area contributed by atoms with Crippen LogP contribution in [0, 0.1) is 13.8 Å². The summed E-state index contributed by atoms with van der Waals surface area (Å²) in [4.78, 5) is 18.2. The summed E-state index contributed by atoms with van der Waals surface area (Å²) in [6.07, 6.45) is 3.22. The van der Waals surface area contributed by atoms with Crippen molar-refractivity contribution in [3.05, 3.63) is 99.4 Å². The Morgan fingerprint density at radius 2 is 2.00 bits per heavy atom. The summed E-state index contributed by atoms with van der Waals surface area (Å²) in [6.45, 7) is 4.10. The molecular formula is C23H20ClN3O2S. The van der Waals surface area contributed by atoms with Gasteiger partial charge in [-0.3, -0.25) is 4.79 Å². The van der Waals surface area contributed by atoms with E-state index in [2.05, 4.69) is 22.5 Å². The molecule has 3 heterocycles. The third-order valence-electron chi connectivity index (χ3n) is 4.83. The lowest BCUT2D eigenvalue weighted by Gasteiger charge is -2.22. The van der Waals surface area contributed by atoms with Crippen molar-refractivity contribution in [1.29, 1.82) is 0 Å². The summed E-state index contributed by atoms with van der Waals surface area (Å²) in [5, 5.41) is 7.93. The highest BCUT2D eigenvalue weighted by atomic mass is 35.5. The fourth-order valence-corrected chi connectivity index (χ4v) is 4.55.